The number of alkyl halides is 2. The second-order valence-corrected chi connectivity index (χ2v) is 4.98. The molecular formula is C13H14F2N4S. The van der Waals surface area contributed by atoms with Crippen LogP contribution in [-0.4, -0.2) is 15.7 Å². The van der Waals surface area contributed by atoms with Crippen LogP contribution in [0.4, 0.5) is 26.1 Å². The molecule has 1 aromatic heterocycles. The van der Waals surface area contributed by atoms with Crippen molar-refractivity contribution in [1.29, 1.82) is 0 Å². The van der Waals surface area contributed by atoms with Crippen LogP contribution in [0.3, 0.4) is 0 Å². The number of nitrogen functional groups attached to an aromatic ring is 1. The van der Waals surface area contributed by atoms with Gasteiger partial charge in [-0.15, -0.1) is 0 Å². The normalized spacial score (nSPS) is 10.8. The van der Waals surface area contributed by atoms with Crippen LogP contribution in [0.25, 0.3) is 0 Å². The molecule has 0 bridgehead atoms. The molecule has 0 fully saturated rings. The summed E-state index contributed by atoms with van der Waals surface area (Å²) in [6.45, 7) is 1.92. The van der Waals surface area contributed by atoms with Crippen molar-refractivity contribution in [3.8, 4) is 0 Å². The Kier molecular flexibility index (Phi) is 4.73. The fourth-order valence-electron chi connectivity index (χ4n) is 1.65. The molecular weight excluding hydrogens is 282 g/mol. The van der Waals surface area contributed by atoms with Crippen LogP contribution in [-0.2, 0) is 6.42 Å². The summed E-state index contributed by atoms with van der Waals surface area (Å²) < 4.78 is 25.0. The summed E-state index contributed by atoms with van der Waals surface area (Å²) in [5.74, 6) is -1.03. The number of aromatic nitrogens is 2. The molecule has 0 saturated carbocycles. The van der Waals surface area contributed by atoms with Crippen molar-refractivity contribution in [2.45, 2.75) is 24.0 Å². The molecule has 0 unspecified atom stereocenters. The number of rotatable bonds is 5. The maximum absolute atomic E-state index is 12.5. The van der Waals surface area contributed by atoms with Crippen molar-refractivity contribution in [2.24, 2.45) is 0 Å². The fourth-order valence-corrected chi connectivity index (χ4v) is 2.24. The molecule has 0 radical (unpaired) electrons. The van der Waals surface area contributed by atoms with Gasteiger partial charge in [0.2, 0.25) is 0 Å². The van der Waals surface area contributed by atoms with Gasteiger partial charge in [-0.05, 0) is 12.1 Å². The van der Waals surface area contributed by atoms with Gasteiger partial charge in [-0.25, -0.2) is 9.97 Å². The highest BCUT2D eigenvalue weighted by atomic mass is 32.2. The van der Waals surface area contributed by atoms with E-state index in [1.54, 1.807) is 30.3 Å². The molecule has 0 aliphatic heterocycles. The molecule has 0 atom stereocenters. The number of nitrogens with zero attached hydrogens (tertiary/aromatic N) is 2. The molecule has 2 rings (SSSR count). The van der Waals surface area contributed by atoms with Crippen molar-refractivity contribution in [3.63, 3.8) is 0 Å². The van der Waals surface area contributed by atoms with E-state index in [9.17, 15) is 8.78 Å². The van der Waals surface area contributed by atoms with E-state index < -0.39 is 5.76 Å². The van der Waals surface area contributed by atoms with Gasteiger partial charge in [0.1, 0.15) is 17.5 Å². The van der Waals surface area contributed by atoms with E-state index in [2.05, 4.69) is 15.3 Å². The van der Waals surface area contributed by atoms with Gasteiger partial charge in [0.05, 0.1) is 5.69 Å². The fraction of sp³-hybridized carbons (Fsp3) is 0.231. The number of anilines is 3. The SMILES string of the molecule is CCc1nc(N)cc(Nc2ccccc2SC(F)F)n1. The van der Waals surface area contributed by atoms with Gasteiger partial charge < -0.3 is 11.1 Å². The first-order chi connectivity index (χ1) is 9.58. The predicted molar refractivity (Wildman–Crippen MR) is 77.4 cm³/mol. The van der Waals surface area contributed by atoms with Crippen LogP contribution in [0, 0.1) is 0 Å². The number of nitrogens with one attached hydrogen (secondary N) is 1. The van der Waals surface area contributed by atoms with E-state index in [-0.39, 0.29) is 0 Å². The van der Waals surface area contributed by atoms with Crippen molar-refractivity contribution in [3.05, 3.63) is 36.2 Å². The third-order valence-electron chi connectivity index (χ3n) is 2.47. The van der Waals surface area contributed by atoms with Gasteiger partial charge >= 0.3 is 0 Å². The molecule has 1 heterocycles. The minimum Gasteiger partial charge on any atom is -0.384 e. The van der Waals surface area contributed by atoms with E-state index in [4.69, 9.17) is 5.73 Å². The van der Waals surface area contributed by atoms with E-state index in [0.717, 1.165) is 0 Å². The zero-order valence-corrected chi connectivity index (χ0v) is 11.6. The lowest BCUT2D eigenvalue weighted by Crippen LogP contribution is -2.03. The van der Waals surface area contributed by atoms with Crippen molar-refractivity contribution < 1.29 is 8.78 Å². The Morgan fingerprint density at radius 1 is 1.30 bits per heavy atom. The quantitative estimate of drug-likeness (QED) is 0.824. The molecule has 1 aromatic carbocycles. The van der Waals surface area contributed by atoms with Crippen LogP contribution in [0.2, 0.25) is 0 Å². The van der Waals surface area contributed by atoms with E-state index in [1.807, 2.05) is 6.92 Å². The summed E-state index contributed by atoms with van der Waals surface area (Å²) in [5.41, 5.74) is 6.26. The van der Waals surface area contributed by atoms with Crippen molar-refractivity contribution >= 4 is 29.1 Å². The van der Waals surface area contributed by atoms with Gasteiger partial charge in [0.15, 0.2) is 0 Å². The maximum atomic E-state index is 12.5. The molecule has 0 spiro atoms. The lowest BCUT2D eigenvalue weighted by Gasteiger charge is -2.11. The minimum absolute atomic E-state index is 0.346. The Morgan fingerprint density at radius 2 is 2.05 bits per heavy atom. The molecule has 7 heteroatoms. The zero-order chi connectivity index (χ0) is 14.5. The molecule has 0 aliphatic rings. The van der Waals surface area contributed by atoms with Crippen LogP contribution in [0.15, 0.2) is 35.2 Å². The minimum atomic E-state index is -2.47. The predicted octanol–water partition coefficient (Wildman–Crippen LogP) is 3.68. The molecule has 106 valence electrons. The highest BCUT2D eigenvalue weighted by molar-refractivity contribution is 7.99. The lowest BCUT2D eigenvalue weighted by molar-refractivity contribution is 0.252. The average molecular weight is 296 g/mol. The second-order valence-electron chi connectivity index (χ2n) is 3.95. The lowest BCUT2D eigenvalue weighted by atomic mass is 10.3. The Hall–Kier alpha value is -1.89. The van der Waals surface area contributed by atoms with Crippen LogP contribution in [0.1, 0.15) is 12.7 Å². The second kappa shape index (κ2) is 6.51. The molecule has 20 heavy (non-hydrogen) atoms. The van der Waals surface area contributed by atoms with Crippen molar-refractivity contribution in [2.75, 3.05) is 11.1 Å². The van der Waals surface area contributed by atoms with Crippen molar-refractivity contribution in [1.82, 2.24) is 9.97 Å². The smallest absolute Gasteiger partial charge is 0.288 e. The summed E-state index contributed by atoms with van der Waals surface area (Å²) in [7, 11) is 0. The maximum Gasteiger partial charge on any atom is 0.288 e. The number of hydrogen-bond donors (Lipinski definition) is 2. The first-order valence-corrected chi connectivity index (χ1v) is 6.90. The monoisotopic (exact) mass is 296 g/mol. The van der Waals surface area contributed by atoms with Crippen LogP contribution < -0.4 is 11.1 Å². The van der Waals surface area contributed by atoms with Gasteiger partial charge in [0.25, 0.3) is 5.76 Å². The number of nitrogens with two attached hydrogens (primary N) is 1. The molecule has 4 nitrogen and oxygen atoms in total. The zero-order valence-electron chi connectivity index (χ0n) is 10.8. The van der Waals surface area contributed by atoms with E-state index >= 15 is 0 Å². The Morgan fingerprint density at radius 3 is 2.75 bits per heavy atom. The number of halogens is 2. The van der Waals surface area contributed by atoms with E-state index in [0.29, 0.717) is 46.2 Å². The third-order valence-corrected chi connectivity index (χ3v) is 3.26. The first-order valence-electron chi connectivity index (χ1n) is 6.02. The standard InChI is InChI=1S/C13H14F2N4S/c1-2-11-18-10(16)7-12(19-11)17-8-5-3-4-6-9(8)20-13(14)15/h3-7,13H,2H2,1H3,(H3,16,17,18,19). The highest BCUT2D eigenvalue weighted by Crippen LogP contribution is 2.33. The topological polar surface area (TPSA) is 63.8 Å². The summed E-state index contributed by atoms with van der Waals surface area (Å²) in [6.07, 6.45) is 0.646. The molecule has 0 aliphatic carbocycles. The first kappa shape index (κ1) is 14.5. The van der Waals surface area contributed by atoms with Gasteiger partial charge in [0, 0.05) is 17.4 Å². The van der Waals surface area contributed by atoms with E-state index in [1.165, 1.54) is 0 Å². The summed E-state index contributed by atoms with van der Waals surface area (Å²) >= 11 is 0.488. The number of hydrogen-bond acceptors (Lipinski definition) is 5. The summed E-state index contributed by atoms with van der Waals surface area (Å²) in [6, 6.07) is 8.40. The molecule has 2 aromatic rings. The third kappa shape index (κ3) is 3.80. The highest BCUT2D eigenvalue weighted by Gasteiger charge is 2.10. The number of para-hydroxylation sites is 1. The largest absolute Gasteiger partial charge is 0.384 e. The van der Waals surface area contributed by atoms with Crippen LogP contribution >= 0.6 is 11.8 Å². The Bertz CT molecular complexity index is 592. The van der Waals surface area contributed by atoms with Gasteiger partial charge in [-0.2, -0.15) is 8.78 Å². The number of thioether (sulfide) groups is 1. The van der Waals surface area contributed by atoms with Crippen LogP contribution in [0.5, 0.6) is 0 Å². The van der Waals surface area contributed by atoms with Gasteiger partial charge in [-0.1, -0.05) is 30.8 Å². The number of benzene rings is 1. The Labute approximate surface area is 119 Å². The Balaban J connectivity index is 2.27. The number of aryl methyl sites for hydroxylation is 1. The van der Waals surface area contributed by atoms with Gasteiger partial charge in [-0.3, -0.25) is 0 Å². The molecule has 0 amide bonds. The average Bonchev–Trinajstić information content (AvgIpc) is 2.39. The summed E-state index contributed by atoms with van der Waals surface area (Å²) in [5, 5.41) is 3.01. The summed E-state index contributed by atoms with van der Waals surface area (Å²) in [4.78, 5) is 8.79. The molecule has 0 saturated heterocycles. The molecule has 3 N–H and O–H groups in total.